The smallest absolute Gasteiger partial charge is 0.491 e. The molecule has 0 bridgehead atoms. The van der Waals surface area contributed by atoms with E-state index in [2.05, 4.69) is 15.9 Å². The summed E-state index contributed by atoms with van der Waals surface area (Å²) in [5, 5.41) is 19.8. The Morgan fingerprint density at radius 1 is 1.47 bits per heavy atom. The summed E-state index contributed by atoms with van der Waals surface area (Å²) >= 11 is 3.48. The zero-order chi connectivity index (χ0) is 14.2. The number of rotatable bonds is 4. The van der Waals surface area contributed by atoms with Crippen molar-refractivity contribution in [1.29, 1.82) is 0 Å². The Kier molecular flexibility index (Phi) is 4.25. The Balaban J connectivity index is 2.35. The molecule has 1 aromatic carbocycles. The van der Waals surface area contributed by atoms with Gasteiger partial charge in [-0.05, 0) is 38.0 Å². The van der Waals surface area contributed by atoms with Crippen LogP contribution in [0.25, 0.3) is 0 Å². The van der Waals surface area contributed by atoms with Gasteiger partial charge in [0.05, 0.1) is 11.7 Å². The summed E-state index contributed by atoms with van der Waals surface area (Å²) in [6.07, 6.45) is 0.641. The van der Waals surface area contributed by atoms with E-state index in [4.69, 9.17) is 9.39 Å². The molecule has 4 nitrogen and oxygen atoms in total. The van der Waals surface area contributed by atoms with Crippen LogP contribution in [0.5, 0.6) is 5.75 Å². The van der Waals surface area contributed by atoms with Gasteiger partial charge in [-0.2, -0.15) is 0 Å². The van der Waals surface area contributed by atoms with Crippen molar-refractivity contribution in [2.75, 3.05) is 6.61 Å². The van der Waals surface area contributed by atoms with Crippen LogP contribution in [0.4, 0.5) is 0 Å². The fraction of sp³-hybridized carbons (Fsp3) is 0.538. The number of benzene rings is 1. The van der Waals surface area contributed by atoms with Crippen molar-refractivity contribution in [2.24, 2.45) is 0 Å². The quantitative estimate of drug-likeness (QED) is 0.827. The maximum absolute atomic E-state index is 10.0. The zero-order valence-corrected chi connectivity index (χ0v) is 12.9. The Morgan fingerprint density at radius 2 is 2.16 bits per heavy atom. The van der Waals surface area contributed by atoms with Gasteiger partial charge in [-0.25, -0.2) is 0 Å². The minimum atomic E-state index is -0.978. The van der Waals surface area contributed by atoms with Crippen LogP contribution >= 0.6 is 15.9 Å². The molecule has 0 amide bonds. The second-order valence-electron chi connectivity index (χ2n) is 5.36. The highest BCUT2D eigenvalue weighted by molar-refractivity contribution is 9.10. The topological polar surface area (TPSA) is 58.9 Å². The summed E-state index contributed by atoms with van der Waals surface area (Å²) in [5.74, 6) is 0.559. The minimum absolute atomic E-state index is 0.134. The van der Waals surface area contributed by atoms with Gasteiger partial charge in [0.1, 0.15) is 12.4 Å². The SMILES string of the molecule is CC[C@H]1OB(O)c2c(OCC(C)(C)O)ccc(Br)c21. The summed E-state index contributed by atoms with van der Waals surface area (Å²) in [6.45, 7) is 5.51. The highest BCUT2D eigenvalue weighted by atomic mass is 79.9. The molecule has 2 N–H and O–H groups in total. The molecule has 0 unspecified atom stereocenters. The third kappa shape index (κ3) is 3.13. The van der Waals surface area contributed by atoms with E-state index in [1.165, 1.54) is 0 Å². The van der Waals surface area contributed by atoms with Gasteiger partial charge >= 0.3 is 7.12 Å². The van der Waals surface area contributed by atoms with Gasteiger partial charge in [-0.15, -0.1) is 0 Å². The number of aliphatic hydroxyl groups is 1. The molecule has 1 heterocycles. The number of hydrogen-bond donors (Lipinski definition) is 2. The maximum atomic E-state index is 10.0. The fourth-order valence-corrected chi connectivity index (χ4v) is 2.75. The molecule has 0 aliphatic carbocycles. The Bertz CT molecular complexity index is 472. The van der Waals surface area contributed by atoms with Crippen LogP contribution < -0.4 is 10.2 Å². The van der Waals surface area contributed by atoms with Crippen molar-refractivity contribution in [3.63, 3.8) is 0 Å². The highest BCUT2D eigenvalue weighted by Gasteiger charge is 2.38. The van der Waals surface area contributed by atoms with E-state index in [1.54, 1.807) is 19.9 Å². The lowest BCUT2D eigenvalue weighted by Crippen LogP contribution is -2.33. The average Bonchev–Trinajstić information content (AvgIpc) is 2.66. The van der Waals surface area contributed by atoms with E-state index in [-0.39, 0.29) is 12.7 Å². The second-order valence-corrected chi connectivity index (χ2v) is 6.21. The molecule has 0 saturated heterocycles. The van der Waals surface area contributed by atoms with Crippen LogP contribution in [-0.2, 0) is 4.65 Å². The Labute approximate surface area is 122 Å². The monoisotopic (exact) mass is 328 g/mol. The number of hydrogen-bond acceptors (Lipinski definition) is 4. The van der Waals surface area contributed by atoms with Crippen molar-refractivity contribution in [3.05, 3.63) is 22.2 Å². The van der Waals surface area contributed by atoms with E-state index < -0.39 is 12.7 Å². The van der Waals surface area contributed by atoms with Gasteiger partial charge < -0.3 is 19.5 Å². The van der Waals surface area contributed by atoms with Crippen LogP contribution in [0, 0.1) is 0 Å². The molecule has 0 saturated carbocycles. The van der Waals surface area contributed by atoms with Crippen molar-refractivity contribution < 1.29 is 19.5 Å². The summed E-state index contributed by atoms with van der Waals surface area (Å²) in [7, 11) is -0.978. The summed E-state index contributed by atoms with van der Waals surface area (Å²) in [5.41, 5.74) is 0.669. The molecule has 1 atom stereocenters. The summed E-state index contributed by atoms with van der Waals surface area (Å²) in [6, 6.07) is 3.65. The number of halogens is 1. The third-order valence-corrected chi connectivity index (χ3v) is 3.70. The first kappa shape index (κ1) is 14.8. The maximum Gasteiger partial charge on any atom is 0.495 e. The molecule has 104 valence electrons. The van der Waals surface area contributed by atoms with Crippen molar-refractivity contribution in [3.8, 4) is 5.75 Å². The molecule has 1 aliphatic rings. The molecular weight excluding hydrogens is 311 g/mol. The number of fused-ring (bicyclic) bond motifs is 1. The molecular formula is C13H18BBrO4. The van der Waals surface area contributed by atoms with E-state index in [1.807, 2.05) is 13.0 Å². The van der Waals surface area contributed by atoms with Gasteiger partial charge in [0.25, 0.3) is 0 Å². The van der Waals surface area contributed by atoms with Gasteiger partial charge in [-0.1, -0.05) is 22.9 Å². The van der Waals surface area contributed by atoms with Crippen molar-refractivity contribution >= 4 is 28.5 Å². The predicted octanol–water partition coefficient (Wildman–Crippen LogP) is 1.77. The molecule has 0 aromatic heterocycles. The van der Waals surface area contributed by atoms with E-state index in [9.17, 15) is 10.1 Å². The van der Waals surface area contributed by atoms with Crippen molar-refractivity contribution in [1.82, 2.24) is 0 Å². The van der Waals surface area contributed by atoms with Gasteiger partial charge in [-0.3, -0.25) is 0 Å². The Hall–Kier alpha value is -0.555. The normalized spacial score (nSPS) is 18.6. The van der Waals surface area contributed by atoms with E-state index in [0.717, 1.165) is 16.5 Å². The first-order valence-corrected chi connectivity index (χ1v) is 7.13. The van der Waals surface area contributed by atoms with Gasteiger partial charge in [0.15, 0.2) is 0 Å². The summed E-state index contributed by atoms with van der Waals surface area (Å²) in [4.78, 5) is 0. The molecule has 0 fully saturated rings. The van der Waals surface area contributed by atoms with Crippen LogP contribution in [0.3, 0.4) is 0 Å². The van der Waals surface area contributed by atoms with Crippen LogP contribution in [0.2, 0.25) is 0 Å². The second kappa shape index (κ2) is 5.44. The van der Waals surface area contributed by atoms with Gasteiger partial charge in [0, 0.05) is 9.94 Å². The Morgan fingerprint density at radius 3 is 2.74 bits per heavy atom. The molecule has 0 spiro atoms. The average molecular weight is 329 g/mol. The van der Waals surface area contributed by atoms with Crippen LogP contribution in [0.1, 0.15) is 38.9 Å². The molecule has 6 heteroatoms. The van der Waals surface area contributed by atoms with Crippen LogP contribution in [-0.4, -0.2) is 29.5 Å². The fourth-order valence-electron chi connectivity index (χ4n) is 2.14. The summed E-state index contributed by atoms with van der Waals surface area (Å²) < 4.78 is 12.0. The lowest BCUT2D eigenvalue weighted by molar-refractivity contribution is 0.0288. The molecule has 2 rings (SSSR count). The predicted molar refractivity (Wildman–Crippen MR) is 77.7 cm³/mol. The van der Waals surface area contributed by atoms with E-state index in [0.29, 0.717) is 11.2 Å². The lowest BCUT2D eigenvalue weighted by atomic mass is 9.78. The van der Waals surface area contributed by atoms with Gasteiger partial charge in [0.2, 0.25) is 0 Å². The zero-order valence-electron chi connectivity index (χ0n) is 11.3. The molecule has 0 radical (unpaired) electrons. The third-order valence-electron chi connectivity index (χ3n) is 3.01. The first-order chi connectivity index (χ1) is 8.83. The lowest BCUT2D eigenvalue weighted by Gasteiger charge is -2.20. The van der Waals surface area contributed by atoms with E-state index >= 15 is 0 Å². The first-order valence-electron chi connectivity index (χ1n) is 6.34. The minimum Gasteiger partial charge on any atom is -0.491 e. The standard InChI is InChI=1S/C13H18BBrO4/c1-4-9-11-8(15)5-6-10(12(11)14(17)19-9)18-7-13(2,3)16/h5-6,9,16-17H,4,7H2,1-3H3/t9-/m1/s1. The highest BCUT2D eigenvalue weighted by Crippen LogP contribution is 2.35. The molecule has 1 aromatic rings. The number of ether oxygens (including phenoxy) is 1. The van der Waals surface area contributed by atoms with Crippen LogP contribution in [0.15, 0.2) is 16.6 Å². The molecule has 19 heavy (non-hydrogen) atoms. The molecule has 1 aliphatic heterocycles. The largest absolute Gasteiger partial charge is 0.495 e. The van der Waals surface area contributed by atoms with Crippen molar-refractivity contribution in [2.45, 2.75) is 38.9 Å².